The second kappa shape index (κ2) is 5.71. The molecule has 1 N–H and O–H groups in total. The first-order valence-electron chi connectivity index (χ1n) is 7.39. The summed E-state index contributed by atoms with van der Waals surface area (Å²) in [5.74, 6) is 2.04. The molecule has 2 heteroatoms. The topological polar surface area (TPSA) is 29.5 Å². The van der Waals surface area contributed by atoms with Crippen molar-refractivity contribution in [3.05, 3.63) is 0 Å². The third-order valence-electron chi connectivity index (χ3n) is 4.81. The summed E-state index contributed by atoms with van der Waals surface area (Å²) in [6.07, 6.45) is 7.63. The molecule has 5 atom stereocenters. The van der Waals surface area contributed by atoms with Crippen molar-refractivity contribution >= 4 is 0 Å². The highest BCUT2D eigenvalue weighted by Crippen LogP contribution is 2.38. The third-order valence-corrected chi connectivity index (χ3v) is 4.81. The average Bonchev–Trinajstić information content (AvgIpc) is 2.67. The number of hydrogen-bond donors (Lipinski definition) is 1. The second-order valence-electron chi connectivity index (χ2n) is 6.53. The fourth-order valence-corrected chi connectivity index (χ4v) is 3.54. The van der Waals surface area contributed by atoms with Crippen LogP contribution < -0.4 is 0 Å². The van der Waals surface area contributed by atoms with E-state index in [-0.39, 0.29) is 6.10 Å². The van der Waals surface area contributed by atoms with Crippen molar-refractivity contribution in [3.8, 4) is 0 Å². The van der Waals surface area contributed by atoms with Gasteiger partial charge in [-0.1, -0.05) is 13.8 Å². The Bertz CT molecular complexity index is 239. The number of rotatable bonds is 3. The van der Waals surface area contributed by atoms with Crippen molar-refractivity contribution in [3.63, 3.8) is 0 Å². The van der Waals surface area contributed by atoms with Gasteiger partial charge in [0.1, 0.15) is 0 Å². The van der Waals surface area contributed by atoms with E-state index in [1.165, 1.54) is 25.7 Å². The summed E-state index contributed by atoms with van der Waals surface area (Å²) in [5, 5.41) is 10.1. The summed E-state index contributed by atoms with van der Waals surface area (Å²) < 4.78 is 5.90. The van der Waals surface area contributed by atoms with Crippen LogP contribution in [-0.2, 0) is 4.74 Å². The average molecular weight is 240 g/mol. The highest BCUT2D eigenvalue weighted by atomic mass is 16.5. The van der Waals surface area contributed by atoms with E-state index in [0.29, 0.717) is 18.1 Å². The van der Waals surface area contributed by atoms with Crippen LogP contribution in [-0.4, -0.2) is 23.4 Å². The van der Waals surface area contributed by atoms with E-state index >= 15 is 0 Å². The van der Waals surface area contributed by atoms with Crippen LogP contribution in [0.25, 0.3) is 0 Å². The summed E-state index contributed by atoms with van der Waals surface area (Å²) in [7, 11) is 0. The number of aliphatic hydroxyl groups excluding tert-OH is 1. The molecule has 1 saturated heterocycles. The quantitative estimate of drug-likeness (QED) is 0.819. The first-order chi connectivity index (χ1) is 8.06. The predicted octanol–water partition coefficient (Wildman–Crippen LogP) is 3.38. The number of aliphatic hydroxyl groups is 1. The van der Waals surface area contributed by atoms with Crippen LogP contribution in [0, 0.1) is 17.8 Å². The van der Waals surface area contributed by atoms with Crippen LogP contribution in [0.2, 0.25) is 0 Å². The molecule has 0 radical (unpaired) electrons. The Morgan fingerprint density at radius 1 is 1.18 bits per heavy atom. The third kappa shape index (κ3) is 3.45. The zero-order valence-corrected chi connectivity index (χ0v) is 11.6. The minimum absolute atomic E-state index is 0.0792. The normalized spacial score (nSPS) is 43.2. The summed E-state index contributed by atoms with van der Waals surface area (Å²) in [6.45, 7) is 6.79. The van der Waals surface area contributed by atoms with Crippen molar-refractivity contribution in [2.75, 3.05) is 0 Å². The fraction of sp³-hybridized carbons (Fsp3) is 1.00. The summed E-state index contributed by atoms with van der Waals surface area (Å²) in [4.78, 5) is 0. The molecular formula is C15H28O2. The smallest absolute Gasteiger partial charge is 0.0583 e. The lowest BCUT2D eigenvalue weighted by Crippen LogP contribution is -2.33. The summed E-state index contributed by atoms with van der Waals surface area (Å²) in [5.41, 5.74) is 0. The molecule has 1 saturated carbocycles. The molecular weight excluding hydrogens is 212 g/mol. The van der Waals surface area contributed by atoms with Crippen molar-refractivity contribution < 1.29 is 9.84 Å². The van der Waals surface area contributed by atoms with Gasteiger partial charge < -0.3 is 9.84 Å². The molecule has 2 rings (SSSR count). The van der Waals surface area contributed by atoms with Gasteiger partial charge in [-0.05, 0) is 63.2 Å². The Hall–Kier alpha value is -0.0800. The second-order valence-corrected chi connectivity index (χ2v) is 6.53. The Kier molecular flexibility index (Phi) is 4.48. The van der Waals surface area contributed by atoms with Crippen LogP contribution in [0.15, 0.2) is 0 Å². The maximum atomic E-state index is 10.1. The standard InChI is InChI=1S/C15H28O2/c1-10(2)12-5-7-15(16)13(8-12)9-14-6-4-11(3)17-14/h10-16H,4-9H2,1-3H3. The van der Waals surface area contributed by atoms with E-state index in [0.717, 1.165) is 24.7 Å². The summed E-state index contributed by atoms with van der Waals surface area (Å²) >= 11 is 0. The van der Waals surface area contributed by atoms with E-state index < -0.39 is 0 Å². The maximum absolute atomic E-state index is 10.1. The zero-order valence-electron chi connectivity index (χ0n) is 11.6. The minimum atomic E-state index is -0.0792. The molecule has 0 aromatic carbocycles. The minimum Gasteiger partial charge on any atom is -0.393 e. The van der Waals surface area contributed by atoms with E-state index in [4.69, 9.17) is 4.74 Å². The van der Waals surface area contributed by atoms with Crippen LogP contribution in [0.3, 0.4) is 0 Å². The first kappa shape index (κ1) is 13.4. The summed E-state index contributed by atoms with van der Waals surface area (Å²) in [6, 6.07) is 0. The molecule has 0 aromatic rings. The van der Waals surface area contributed by atoms with Gasteiger partial charge in [0.15, 0.2) is 0 Å². The van der Waals surface area contributed by atoms with Crippen LogP contribution in [0.1, 0.15) is 59.3 Å². The molecule has 0 bridgehead atoms. The van der Waals surface area contributed by atoms with Gasteiger partial charge in [-0.2, -0.15) is 0 Å². The van der Waals surface area contributed by atoms with Gasteiger partial charge in [0.05, 0.1) is 18.3 Å². The van der Waals surface area contributed by atoms with E-state index in [2.05, 4.69) is 20.8 Å². The Morgan fingerprint density at radius 3 is 2.53 bits per heavy atom. The lowest BCUT2D eigenvalue weighted by atomic mass is 9.73. The van der Waals surface area contributed by atoms with Crippen molar-refractivity contribution in [1.82, 2.24) is 0 Å². The van der Waals surface area contributed by atoms with E-state index in [1.807, 2.05) is 0 Å². The Balaban J connectivity index is 1.85. The number of hydrogen-bond acceptors (Lipinski definition) is 2. The van der Waals surface area contributed by atoms with Crippen LogP contribution >= 0.6 is 0 Å². The van der Waals surface area contributed by atoms with Crippen LogP contribution in [0.5, 0.6) is 0 Å². The molecule has 5 unspecified atom stereocenters. The Labute approximate surface area is 106 Å². The molecule has 2 fully saturated rings. The zero-order chi connectivity index (χ0) is 12.4. The molecule has 2 aliphatic rings. The molecule has 1 aliphatic heterocycles. The SMILES string of the molecule is CC1CCC(CC2CC(C(C)C)CCC2O)O1. The molecule has 2 nitrogen and oxygen atoms in total. The molecule has 17 heavy (non-hydrogen) atoms. The fourth-order valence-electron chi connectivity index (χ4n) is 3.54. The van der Waals surface area contributed by atoms with Gasteiger partial charge in [-0.25, -0.2) is 0 Å². The van der Waals surface area contributed by atoms with Gasteiger partial charge in [0, 0.05) is 0 Å². The molecule has 1 heterocycles. The monoisotopic (exact) mass is 240 g/mol. The van der Waals surface area contributed by atoms with Crippen molar-refractivity contribution in [2.24, 2.45) is 17.8 Å². The van der Waals surface area contributed by atoms with Crippen LogP contribution in [0.4, 0.5) is 0 Å². The molecule has 0 spiro atoms. The highest BCUT2D eigenvalue weighted by Gasteiger charge is 2.34. The van der Waals surface area contributed by atoms with Gasteiger partial charge in [-0.15, -0.1) is 0 Å². The molecule has 100 valence electrons. The molecule has 0 aromatic heterocycles. The van der Waals surface area contributed by atoms with Gasteiger partial charge in [-0.3, -0.25) is 0 Å². The molecule has 0 amide bonds. The lowest BCUT2D eigenvalue weighted by Gasteiger charge is -2.36. The highest BCUT2D eigenvalue weighted by molar-refractivity contribution is 4.84. The lowest BCUT2D eigenvalue weighted by molar-refractivity contribution is -0.0121. The molecule has 1 aliphatic carbocycles. The largest absolute Gasteiger partial charge is 0.393 e. The Morgan fingerprint density at radius 2 is 1.94 bits per heavy atom. The van der Waals surface area contributed by atoms with Crippen molar-refractivity contribution in [1.29, 1.82) is 0 Å². The van der Waals surface area contributed by atoms with Gasteiger partial charge in [0.2, 0.25) is 0 Å². The van der Waals surface area contributed by atoms with Gasteiger partial charge in [0.25, 0.3) is 0 Å². The predicted molar refractivity (Wildman–Crippen MR) is 69.9 cm³/mol. The number of ether oxygens (including phenoxy) is 1. The van der Waals surface area contributed by atoms with E-state index in [9.17, 15) is 5.11 Å². The van der Waals surface area contributed by atoms with Crippen molar-refractivity contribution in [2.45, 2.75) is 77.6 Å². The first-order valence-corrected chi connectivity index (χ1v) is 7.39. The van der Waals surface area contributed by atoms with Gasteiger partial charge >= 0.3 is 0 Å². The maximum Gasteiger partial charge on any atom is 0.0583 e. The van der Waals surface area contributed by atoms with E-state index in [1.54, 1.807) is 0 Å².